The minimum atomic E-state index is -0.275. The van der Waals surface area contributed by atoms with Gasteiger partial charge < -0.3 is 0 Å². The van der Waals surface area contributed by atoms with Crippen LogP contribution in [0.5, 0.6) is 0 Å². The van der Waals surface area contributed by atoms with Gasteiger partial charge in [-0.1, -0.05) is 19.9 Å². The van der Waals surface area contributed by atoms with Gasteiger partial charge in [0, 0.05) is 17.8 Å². The average Bonchev–Trinajstić information content (AvgIpc) is 2.15. The number of carbonyl (C=O) groups is 1. The van der Waals surface area contributed by atoms with E-state index < -0.39 is 0 Å². The van der Waals surface area contributed by atoms with E-state index >= 15 is 0 Å². The Labute approximate surface area is 89.3 Å². The van der Waals surface area contributed by atoms with Gasteiger partial charge in [-0.3, -0.25) is 4.79 Å². The van der Waals surface area contributed by atoms with E-state index in [2.05, 4.69) is 0 Å². The third-order valence-electron chi connectivity index (χ3n) is 3.59. The Balaban J connectivity index is 2.36. The Kier molecular flexibility index (Phi) is 2.18. The van der Waals surface area contributed by atoms with E-state index in [1.807, 2.05) is 26.8 Å². The van der Waals surface area contributed by atoms with E-state index in [0.717, 1.165) is 11.1 Å². The van der Waals surface area contributed by atoms with Gasteiger partial charge in [0.25, 0.3) is 0 Å². The van der Waals surface area contributed by atoms with Crippen LogP contribution in [0.2, 0.25) is 0 Å². The molecule has 0 heterocycles. The first-order chi connectivity index (χ1) is 6.93. The van der Waals surface area contributed by atoms with Crippen LogP contribution in [0.3, 0.4) is 0 Å². The summed E-state index contributed by atoms with van der Waals surface area (Å²) in [5, 5.41) is 0. The molecule has 0 spiro atoms. The van der Waals surface area contributed by atoms with E-state index in [0.29, 0.717) is 12.2 Å². The highest BCUT2D eigenvalue weighted by molar-refractivity contribution is 5.92. The maximum atomic E-state index is 12.9. The van der Waals surface area contributed by atoms with Crippen molar-refractivity contribution in [3.8, 4) is 0 Å². The van der Waals surface area contributed by atoms with Crippen molar-refractivity contribution < 1.29 is 9.18 Å². The first kappa shape index (κ1) is 10.3. The Morgan fingerprint density at radius 2 is 2.07 bits per heavy atom. The molecule has 0 amide bonds. The van der Waals surface area contributed by atoms with Gasteiger partial charge in [0.05, 0.1) is 0 Å². The minimum absolute atomic E-state index is 0.209. The lowest BCUT2D eigenvalue weighted by Crippen LogP contribution is -2.43. The summed E-state index contributed by atoms with van der Waals surface area (Å²) < 4.78 is 12.9. The fourth-order valence-corrected chi connectivity index (χ4v) is 2.30. The SMILES string of the molecule is Cc1cc(F)ccc1C1CC(=O)C1(C)C. The number of aryl methyl sites for hydroxylation is 1. The van der Waals surface area contributed by atoms with Crippen molar-refractivity contribution in [1.29, 1.82) is 0 Å². The van der Waals surface area contributed by atoms with Crippen LogP contribution in [0.15, 0.2) is 18.2 Å². The lowest BCUT2D eigenvalue weighted by atomic mass is 9.58. The third kappa shape index (κ3) is 1.48. The molecule has 1 aliphatic carbocycles. The maximum Gasteiger partial charge on any atom is 0.139 e. The van der Waals surface area contributed by atoms with Crippen LogP contribution in [0, 0.1) is 18.2 Å². The van der Waals surface area contributed by atoms with Gasteiger partial charge in [0.1, 0.15) is 11.6 Å². The predicted molar refractivity (Wildman–Crippen MR) is 57.3 cm³/mol. The smallest absolute Gasteiger partial charge is 0.139 e. The molecule has 2 rings (SSSR count). The van der Waals surface area contributed by atoms with Crippen molar-refractivity contribution in [3.63, 3.8) is 0 Å². The molecule has 1 saturated carbocycles. The fraction of sp³-hybridized carbons (Fsp3) is 0.462. The van der Waals surface area contributed by atoms with Crippen LogP contribution in [0.4, 0.5) is 4.39 Å². The average molecular weight is 206 g/mol. The lowest BCUT2D eigenvalue weighted by Gasteiger charge is -2.43. The molecule has 1 aliphatic rings. The number of ketones is 1. The van der Waals surface area contributed by atoms with Gasteiger partial charge in [0.15, 0.2) is 0 Å². The van der Waals surface area contributed by atoms with Crippen molar-refractivity contribution >= 4 is 5.78 Å². The highest BCUT2D eigenvalue weighted by atomic mass is 19.1. The standard InChI is InChI=1S/C13H15FO/c1-8-6-9(14)4-5-10(8)11-7-12(15)13(11,2)3/h4-6,11H,7H2,1-3H3. The van der Waals surface area contributed by atoms with Crippen molar-refractivity contribution in [2.45, 2.75) is 33.1 Å². The number of halogens is 1. The first-order valence-electron chi connectivity index (χ1n) is 5.22. The zero-order valence-electron chi connectivity index (χ0n) is 9.30. The van der Waals surface area contributed by atoms with E-state index in [1.165, 1.54) is 12.1 Å². The Hall–Kier alpha value is -1.18. The summed E-state index contributed by atoms with van der Waals surface area (Å²) in [5.41, 5.74) is 1.78. The fourth-order valence-electron chi connectivity index (χ4n) is 2.30. The molecule has 0 N–H and O–H groups in total. The number of rotatable bonds is 1. The molecule has 1 fully saturated rings. The maximum absolute atomic E-state index is 12.9. The molecule has 0 saturated heterocycles. The summed E-state index contributed by atoms with van der Waals surface area (Å²) >= 11 is 0. The van der Waals surface area contributed by atoms with E-state index in [9.17, 15) is 9.18 Å². The zero-order chi connectivity index (χ0) is 11.2. The monoisotopic (exact) mass is 206 g/mol. The summed E-state index contributed by atoms with van der Waals surface area (Å²) in [6, 6.07) is 4.82. The second-order valence-corrected chi connectivity index (χ2v) is 4.90. The molecule has 0 radical (unpaired) electrons. The Bertz CT molecular complexity index is 421. The van der Waals surface area contributed by atoms with Crippen LogP contribution >= 0.6 is 0 Å². The molecule has 0 aromatic heterocycles. The molecule has 1 aromatic rings. The van der Waals surface area contributed by atoms with Crippen molar-refractivity contribution in [2.75, 3.05) is 0 Å². The van der Waals surface area contributed by atoms with Crippen molar-refractivity contribution in [1.82, 2.24) is 0 Å². The van der Waals surface area contributed by atoms with Gasteiger partial charge >= 0.3 is 0 Å². The van der Waals surface area contributed by atoms with Crippen LogP contribution in [0.25, 0.3) is 0 Å². The molecule has 1 atom stereocenters. The quantitative estimate of drug-likeness (QED) is 0.689. The molecule has 1 nitrogen and oxygen atoms in total. The number of Topliss-reactive ketones (excluding diaryl/α,β-unsaturated/α-hetero) is 1. The summed E-state index contributed by atoms with van der Waals surface area (Å²) in [5.74, 6) is 0.349. The number of hydrogen-bond acceptors (Lipinski definition) is 1. The third-order valence-corrected chi connectivity index (χ3v) is 3.59. The van der Waals surface area contributed by atoms with Gasteiger partial charge in [0.2, 0.25) is 0 Å². The second-order valence-electron chi connectivity index (χ2n) is 4.90. The number of hydrogen-bond donors (Lipinski definition) is 0. The Morgan fingerprint density at radius 1 is 1.40 bits per heavy atom. The molecule has 0 bridgehead atoms. The summed E-state index contributed by atoms with van der Waals surface area (Å²) in [6.45, 7) is 5.83. The molecule has 1 unspecified atom stereocenters. The highest BCUT2D eigenvalue weighted by Crippen LogP contribution is 2.50. The van der Waals surface area contributed by atoms with Crippen LogP contribution < -0.4 is 0 Å². The highest BCUT2D eigenvalue weighted by Gasteiger charge is 2.48. The van der Waals surface area contributed by atoms with Crippen LogP contribution in [-0.4, -0.2) is 5.78 Å². The molecule has 2 heteroatoms. The minimum Gasteiger partial charge on any atom is -0.299 e. The molecular weight excluding hydrogens is 191 g/mol. The largest absolute Gasteiger partial charge is 0.299 e. The topological polar surface area (TPSA) is 17.1 Å². The molecule has 15 heavy (non-hydrogen) atoms. The van der Waals surface area contributed by atoms with Crippen LogP contribution in [0.1, 0.15) is 37.3 Å². The van der Waals surface area contributed by atoms with Crippen molar-refractivity contribution in [2.24, 2.45) is 5.41 Å². The summed E-state index contributed by atoms with van der Waals surface area (Å²) in [6.07, 6.45) is 0.597. The first-order valence-corrected chi connectivity index (χ1v) is 5.22. The van der Waals surface area contributed by atoms with Gasteiger partial charge in [-0.2, -0.15) is 0 Å². The molecule has 0 aliphatic heterocycles. The Morgan fingerprint density at radius 3 is 2.53 bits per heavy atom. The van der Waals surface area contributed by atoms with Gasteiger partial charge in [-0.05, 0) is 30.2 Å². The molecular formula is C13H15FO. The zero-order valence-corrected chi connectivity index (χ0v) is 9.30. The second kappa shape index (κ2) is 3.16. The van der Waals surface area contributed by atoms with E-state index in [4.69, 9.17) is 0 Å². The molecule has 80 valence electrons. The van der Waals surface area contributed by atoms with Crippen LogP contribution in [-0.2, 0) is 4.79 Å². The lowest BCUT2D eigenvalue weighted by molar-refractivity contribution is -0.137. The number of carbonyl (C=O) groups excluding carboxylic acids is 1. The summed E-state index contributed by atoms with van der Waals surface area (Å²) in [4.78, 5) is 11.4. The van der Waals surface area contributed by atoms with Gasteiger partial charge in [-0.25, -0.2) is 4.39 Å². The summed E-state index contributed by atoms with van der Waals surface area (Å²) in [7, 11) is 0. The molecule has 1 aromatic carbocycles. The van der Waals surface area contributed by atoms with Gasteiger partial charge in [-0.15, -0.1) is 0 Å². The van der Waals surface area contributed by atoms with E-state index in [1.54, 1.807) is 0 Å². The van der Waals surface area contributed by atoms with Crippen molar-refractivity contribution in [3.05, 3.63) is 35.1 Å². The van der Waals surface area contributed by atoms with E-state index in [-0.39, 0.29) is 17.2 Å². The number of benzene rings is 1. The normalized spacial score (nSPS) is 23.7. The predicted octanol–water partition coefficient (Wildman–Crippen LogP) is 3.22.